The summed E-state index contributed by atoms with van der Waals surface area (Å²) in [5.41, 5.74) is 1.02. The first-order valence-electron chi connectivity index (χ1n) is 5.78. The number of aryl methyl sites for hydroxylation is 1. The Morgan fingerprint density at radius 3 is 3.06 bits per heavy atom. The Morgan fingerprint density at radius 1 is 1.44 bits per heavy atom. The zero-order valence-corrected chi connectivity index (χ0v) is 10.1. The summed E-state index contributed by atoms with van der Waals surface area (Å²) in [6, 6.07) is 5.39. The minimum absolute atomic E-state index is 0.145. The van der Waals surface area contributed by atoms with Gasteiger partial charge in [0.15, 0.2) is 0 Å². The van der Waals surface area contributed by atoms with Crippen LogP contribution < -0.4 is 10.3 Å². The van der Waals surface area contributed by atoms with E-state index in [2.05, 4.69) is 9.97 Å². The number of carbonyl (C=O) groups is 1. The van der Waals surface area contributed by atoms with Crippen LogP contribution in [0.15, 0.2) is 23.0 Å². The predicted octanol–water partition coefficient (Wildman–Crippen LogP) is 1.59. The van der Waals surface area contributed by atoms with E-state index in [0.717, 1.165) is 11.7 Å². The molecular weight excluding hydrogens is 232 g/mol. The molecule has 0 amide bonds. The van der Waals surface area contributed by atoms with Crippen molar-refractivity contribution < 1.29 is 9.53 Å². The zero-order chi connectivity index (χ0) is 13.0. The van der Waals surface area contributed by atoms with E-state index in [4.69, 9.17) is 4.74 Å². The highest BCUT2D eigenvalue weighted by Crippen LogP contribution is 2.14. The van der Waals surface area contributed by atoms with Crippen LogP contribution in [0.2, 0.25) is 0 Å². The van der Waals surface area contributed by atoms with Crippen molar-refractivity contribution in [1.82, 2.24) is 9.97 Å². The summed E-state index contributed by atoms with van der Waals surface area (Å²) in [7, 11) is 0. The third-order valence-corrected chi connectivity index (χ3v) is 2.58. The lowest BCUT2D eigenvalue weighted by molar-refractivity contribution is -0.108. The quantitative estimate of drug-likeness (QED) is 0.642. The number of aromatic amines is 1. The van der Waals surface area contributed by atoms with Gasteiger partial charge in [0.2, 0.25) is 5.88 Å². The normalized spacial score (nSPS) is 10.5. The summed E-state index contributed by atoms with van der Waals surface area (Å²) in [6.45, 7) is 2.19. The number of hydrogen-bond acceptors (Lipinski definition) is 4. The fraction of sp³-hybridized carbons (Fsp3) is 0.308. The molecule has 2 rings (SSSR count). The van der Waals surface area contributed by atoms with Crippen LogP contribution in [0.25, 0.3) is 11.0 Å². The Hall–Kier alpha value is -2.17. The van der Waals surface area contributed by atoms with Crippen LogP contribution in [-0.4, -0.2) is 22.9 Å². The van der Waals surface area contributed by atoms with Crippen molar-refractivity contribution in [3.63, 3.8) is 0 Å². The molecule has 0 aliphatic heterocycles. The third-order valence-electron chi connectivity index (χ3n) is 2.58. The molecule has 0 unspecified atom stereocenters. The van der Waals surface area contributed by atoms with Gasteiger partial charge in [-0.25, -0.2) is 0 Å². The van der Waals surface area contributed by atoms with E-state index in [0.29, 0.717) is 36.5 Å². The van der Waals surface area contributed by atoms with E-state index in [1.165, 1.54) is 0 Å². The first kappa shape index (κ1) is 12.3. The summed E-state index contributed by atoms with van der Waals surface area (Å²) in [5, 5.41) is 0.868. The second kappa shape index (κ2) is 5.44. The molecule has 0 aliphatic rings. The molecule has 0 saturated heterocycles. The number of ether oxygens (including phenoxy) is 1. The molecule has 94 valence electrons. The minimum Gasteiger partial charge on any atom is -0.478 e. The van der Waals surface area contributed by atoms with E-state index in [-0.39, 0.29) is 5.56 Å². The molecule has 0 atom stereocenters. The molecule has 0 radical (unpaired) electrons. The van der Waals surface area contributed by atoms with Gasteiger partial charge in [-0.1, -0.05) is 0 Å². The fourth-order valence-electron chi connectivity index (χ4n) is 1.60. The van der Waals surface area contributed by atoms with Crippen molar-refractivity contribution >= 4 is 17.3 Å². The Morgan fingerprint density at radius 2 is 2.28 bits per heavy atom. The standard InChI is InChI=1S/C13H14N2O3/c1-9-8-10-4-5-11(18-7-3-2-6-16)14-12(10)15-13(9)17/h4-6,8H,2-3,7H2,1H3,(H,14,15,17). The summed E-state index contributed by atoms with van der Waals surface area (Å²) in [4.78, 5) is 28.5. The highest BCUT2D eigenvalue weighted by molar-refractivity contribution is 5.75. The predicted molar refractivity (Wildman–Crippen MR) is 67.9 cm³/mol. The van der Waals surface area contributed by atoms with Gasteiger partial charge in [0.25, 0.3) is 5.56 Å². The molecule has 5 nitrogen and oxygen atoms in total. The maximum atomic E-state index is 11.5. The van der Waals surface area contributed by atoms with Gasteiger partial charge in [0.05, 0.1) is 6.61 Å². The minimum atomic E-state index is -0.145. The molecule has 2 heterocycles. The second-order valence-corrected chi connectivity index (χ2v) is 4.03. The van der Waals surface area contributed by atoms with Gasteiger partial charge in [-0.05, 0) is 25.5 Å². The highest BCUT2D eigenvalue weighted by atomic mass is 16.5. The van der Waals surface area contributed by atoms with E-state index in [9.17, 15) is 9.59 Å². The highest BCUT2D eigenvalue weighted by Gasteiger charge is 2.02. The first-order valence-corrected chi connectivity index (χ1v) is 5.78. The number of aldehydes is 1. The van der Waals surface area contributed by atoms with Gasteiger partial charge in [0.1, 0.15) is 11.9 Å². The van der Waals surface area contributed by atoms with E-state index in [1.54, 1.807) is 19.1 Å². The maximum Gasteiger partial charge on any atom is 0.252 e. The summed E-state index contributed by atoms with van der Waals surface area (Å²) in [6.07, 6.45) is 1.99. The van der Waals surface area contributed by atoms with Crippen LogP contribution in [0, 0.1) is 6.92 Å². The van der Waals surface area contributed by atoms with Crippen molar-refractivity contribution in [2.24, 2.45) is 0 Å². The Kier molecular flexibility index (Phi) is 3.72. The first-order chi connectivity index (χ1) is 8.70. The molecule has 0 aliphatic carbocycles. The van der Waals surface area contributed by atoms with Crippen molar-refractivity contribution in [1.29, 1.82) is 0 Å². The number of fused-ring (bicyclic) bond motifs is 1. The topological polar surface area (TPSA) is 72.0 Å². The average Bonchev–Trinajstić information content (AvgIpc) is 2.36. The Bertz CT molecular complexity index is 619. The molecule has 2 aromatic rings. The van der Waals surface area contributed by atoms with Gasteiger partial charge in [-0.3, -0.25) is 4.79 Å². The monoisotopic (exact) mass is 246 g/mol. The SMILES string of the molecule is Cc1cc2ccc(OCCCC=O)nc2[nH]c1=O. The van der Waals surface area contributed by atoms with Gasteiger partial charge in [-0.15, -0.1) is 0 Å². The summed E-state index contributed by atoms with van der Waals surface area (Å²) < 4.78 is 5.39. The van der Waals surface area contributed by atoms with Crippen molar-refractivity contribution in [3.8, 4) is 5.88 Å². The lowest BCUT2D eigenvalue weighted by Gasteiger charge is -2.05. The molecule has 0 bridgehead atoms. The number of carbonyl (C=O) groups excluding carboxylic acids is 1. The average molecular weight is 246 g/mol. The number of pyridine rings is 2. The van der Waals surface area contributed by atoms with Crippen LogP contribution >= 0.6 is 0 Å². The molecule has 2 aromatic heterocycles. The van der Waals surface area contributed by atoms with Crippen LogP contribution in [-0.2, 0) is 4.79 Å². The number of nitrogens with one attached hydrogen (secondary N) is 1. The molecule has 0 aromatic carbocycles. The Balaban J connectivity index is 2.19. The lowest BCUT2D eigenvalue weighted by atomic mass is 10.2. The van der Waals surface area contributed by atoms with E-state index < -0.39 is 0 Å². The molecule has 1 N–H and O–H groups in total. The zero-order valence-electron chi connectivity index (χ0n) is 10.1. The van der Waals surface area contributed by atoms with Gasteiger partial charge < -0.3 is 14.5 Å². The summed E-state index contributed by atoms with van der Waals surface area (Å²) >= 11 is 0. The molecule has 18 heavy (non-hydrogen) atoms. The van der Waals surface area contributed by atoms with Crippen molar-refractivity contribution in [2.45, 2.75) is 19.8 Å². The lowest BCUT2D eigenvalue weighted by Crippen LogP contribution is -2.09. The number of rotatable bonds is 5. The van der Waals surface area contributed by atoms with Crippen molar-refractivity contribution in [3.05, 3.63) is 34.1 Å². The Labute approximate surface area is 104 Å². The van der Waals surface area contributed by atoms with Gasteiger partial charge in [-0.2, -0.15) is 4.98 Å². The van der Waals surface area contributed by atoms with Crippen LogP contribution in [0.1, 0.15) is 18.4 Å². The number of nitrogens with zero attached hydrogens (tertiary/aromatic N) is 1. The van der Waals surface area contributed by atoms with Crippen LogP contribution in [0.3, 0.4) is 0 Å². The number of unbranched alkanes of at least 4 members (excludes halogenated alkanes) is 1. The summed E-state index contributed by atoms with van der Waals surface area (Å²) in [5.74, 6) is 0.452. The van der Waals surface area contributed by atoms with Crippen molar-refractivity contribution in [2.75, 3.05) is 6.61 Å². The molecule has 0 saturated carbocycles. The smallest absolute Gasteiger partial charge is 0.252 e. The molecule has 0 fully saturated rings. The fourth-order valence-corrected chi connectivity index (χ4v) is 1.60. The van der Waals surface area contributed by atoms with E-state index in [1.807, 2.05) is 6.07 Å². The second-order valence-electron chi connectivity index (χ2n) is 4.03. The van der Waals surface area contributed by atoms with Gasteiger partial charge >= 0.3 is 0 Å². The largest absolute Gasteiger partial charge is 0.478 e. The van der Waals surface area contributed by atoms with E-state index >= 15 is 0 Å². The third kappa shape index (κ3) is 2.74. The van der Waals surface area contributed by atoms with Gasteiger partial charge in [0, 0.05) is 23.4 Å². The number of hydrogen-bond donors (Lipinski definition) is 1. The number of aromatic nitrogens is 2. The molecular formula is C13H14N2O3. The molecule has 5 heteroatoms. The van der Waals surface area contributed by atoms with Crippen LogP contribution in [0.4, 0.5) is 0 Å². The maximum absolute atomic E-state index is 11.5. The number of H-pyrrole nitrogens is 1. The van der Waals surface area contributed by atoms with Crippen LogP contribution in [0.5, 0.6) is 5.88 Å². The molecule has 0 spiro atoms.